The van der Waals surface area contributed by atoms with Crippen molar-refractivity contribution < 1.29 is 39.2 Å². The number of alkyl halides is 2. The highest BCUT2D eigenvalue weighted by Crippen LogP contribution is 2.77. The van der Waals surface area contributed by atoms with Crippen LogP contribution in [-0.4, -0.2) is 74.3 Å². The van der Waals surface area contributed by atoms with Gasteiger partial charge in [-0.25, -0.2) is 0 Å². The van der Waals surface area contributed by atoms with Crippen molar-refractivity contribution in [2.75, 3.05) is 18.4 Å². The summed E-state index contributed by atoms with van der Waals surface area (Å²) in [4.78, 5) is 39.1. The number of hydrogen-bond donors (Lipinski definition) is 3. The lowest BCUT2D eigenvalue weighted by atomic mass is 9.59. The molecule has 0 bridgehead atoms. The molecule has 212 valence electrons. The minimum Gasteiger partial charge on any atom is -0.458 e. The SMILES string of the molecule is CC1=CC2C(O)(CC(CO)=CC3C4C(C)(C)C4(OC(=O)CCCCl)C(OC(=O)CCCCl)C(C)C32O)C1=O. The summed E-state index contributed by atoms with van der Waals surface area (Å²) in [7, 11) is 0. The number of carbonyl (C=O) groups excluding carboxylic acids is 3. The standard InChI is InChI=1S/C28H38Cl2O8/c1-15-11-19-26(35,23(15)34)13-17(14-31)12-18-22-25(3,4)28(22,38-21(33)8-6-10-30)24(16(2)27(18,19)36)37-20(32)7-5-9-29/h11-12,16,18-19,22,24,31,35-36H,5-10,13-14H2,1-4H3. The molecule has 8 atom stereocenters. The highest BCUT2D eigenvalue weighted by Gasteiger charge is 2.87. The van der Waals surface area contributed by atoms with Gasteiger partial charge in [-0.3, -0.25) is 14.4 Å². The Balaban J connectivity index is 1.87. The van der Waals surface area contributed by atoms with E-state index >= 15 is 0 Å². The monoisotopic (exact) mass is 572 g/mol. The summed E-state index contributed by atoms with van der Waals surface area (Å²) in [5.41, 5.74) is -4.97. The van der Waals surface area contributed by atoms with E-state index in [2.05, 4.69) is 0 Å². The molecule has 0 heterocycles. The zero-order valence-electron chi connectivity index (χ0n) is 22.3. The summed E-state index contributed by atoms with van der Waals surface area (Å²) in [5, 5.41) is 34.6. The number of rotatable bonds is 9. The molecule has 10 heteroatoms. The third-order valence-corrected chi connectivity index (χ3v) is 10.1. The van der Waals surface area contributed by atoms with Crippen molar-refractivity contribution in [3.8, 4) is 0 Å². The average molecular weight is 574 g/mol. The molecule has 2 fully saturated rings. The van der Waals surface area contributed by atoms with Crippen LogP contribution in [0.2, 0.25) is 0 Å². The molecule has 4 aliphatic carbocycles. The van der Waals surface area contributed by atoms with Crippen molar-refractivity contribution in [3.63, 3.8) is 0 Å². The highest BCUT2D eigenvalue weighted by molar-refractivity contribution is 6.18. The van der Waals surface area contributed by atoms with Gasteiger partial charge in [0.1, 0.15) is 11.7 Å². The molecule has 4 rings (SSSR count). The molecular formula is C28H38Cl2O8. The van der Waals surface area contributed by atoms with E-state index in [1.165, 1.54) is 0 Å². The molecular weight excluding hydrogens is 535 g/mol. The summed E-state index contributed by atoms with van der Waals surface area (Å²) in [6.45, 7) is 6.69. The predicted molar refractivity (Wildman–Crippen MR) is 140 cm³/mol. The zero-order valence-corrected chi connectivity index (χ0v) is 23.8. The molecule has 8 unspecified atom stereocenters. The Labute approximate surface area is 233 Å². The molecule has 0 aromatic rings. The van der Waals surface area contributed by atoms with Crippen molar-refractivity contribution in [2.45, 2.75) is 82.7 Å². The van der Waals surface area contributed by atoms with Crippen LogP contribution < -0.4 is 0 Å². The van der Waals surface area contributed by atoms with Crippen LogP contribution in [0.5, 0.6) is 0 Å². The fraction of sp³-hybridized carbons (Fsp3) is 0.750. The maximum atomic E-state index is 13.2. The number of esters is 2. The van der Waals surface area contributed by atoms with Crippen molar-refractivity contribution >= 4 is 40.9 Å². The molecule has 2 saturated carbocycles. The number of fused-ring (bicyclic) bond motifs is 5. The fourth-order valence-corrected chi connectivity index (χ4v) is 7.95. The molecule has 0 amide bonds. The number of carbonyl (C=O) groups is 3. The van der Waals surface area contributed by atoms with E-state index in [-0.39, 0.29) is 31.0 Å². The van der Waals surface area contributed by atoms with E-state index in [0.717, 1.165) is 0 Å². The Morgan fingerprint density at radius 2 is 1.68 bits per heavy atom. The second-order valence-corrected chi connectivity index (χ2v) is 12.7. The van der Waals surface area contributed by atoms with E-state index in [1.807, 2.05) is 13.8 Å². The Kier molecular flexibility index (Phi) is 7.91. The molecule has 0 spiro atoms. The number of hydrogen-bond acceptors (Lipinski definition) is 8. The fourth-order valence-electron chi connectivity index (χ4n) is 7.69. The topological polar surface area (TPSA) is 130 Å². The van der Waals surface area contributed by atoms with Crippen LogP contribution in [0.4, 0.5) is 0 Å². The maximum Gasteiger partial charge on any atom is 0.306 e. The number of Topliss-reactive ketones (excluding diaryl/α,β-unsaturated/α-hetero) is 1. The molecule has 38 heavy (non-hydrogen) atoms. The van der Waals surface area contributed by atoms with E-state index in [9.17, 15) is 29.7 Å². The first-order valence-electron chi connectivity index (χ1n) is 13.3. The van der Waals surface area contributed by atoms with Gasteiger partial charge in [-0.05, 0) is 30.9 Å². The Hall–Kier alpha value is -1.45. The Morgan fingerprint density at radius 3 is 2.26 bits per heavy atom. The van der Waals surface area contributed by atoms with Crippen LogP contribution in [0.3, 0.4) is 0 Å². The first kappa shape index (κ1) is 29.5. The number of ketones is 1. The smallest absolute Gasteiger partial charge is 0.306 e. The van der Waals surface area contributed by atoms with Gasteiger partial charge in [0.05, 0.1) is 12.2 Å². The van der Waals surface area contributed by atoms with E-state index in [0.29, 0.717) is 24.0 Å². The second-order valence-electron chi connectivity index (χ2n) is 11.9. The summed E-state index contributed by atoms with van der Waals surface area (Å²) in [5.74, 6) is -4.07. The molecule has 0 aromatic heterocycles. The lowest BCUT2D eigenvalue weighted by Gasteiger charge is -2.53. The number of ether oxygens (including phenoxy) is 2. The predicted octanol–water partition coefficient (Wildman–Crippen LogP) is 3.07. The molecule has 0 aromatic carbocycles. The van der Waals surface area contributed by atoms with Crippen LogP contribution in [0.1, 0.15) is 59.8 Å². The first-order valence-corrected chi connectivity index (χ1v) is 14.4. The Bertz CT molecular complexity index is 1070. The Morgan fingerprint density at radius 1 is 1.08 bits per heavy atom. The summed E-state index contributed by atoms with van der Waals surface area (Å²) >= 11 is 11.6. The first-order chi connectivity index (χ1) is 17.8. The minimum absolute atomic E-state index is 0.0510. The lowest BCUT2D eigenvalue weighted by Crippen LogP contribution is -2.66. The van der Waals surface area contributed by atoms with E-state index in [1.54, 1.807) is 26.0 Å². The van der Waals surface area contributed by atoms with Gasteiger partial charge in [-0.2, -0.15) is 0 Å². The van der Waals surface area contributed by atoms with Gasteiger partial charge in [0.25, 0.3) is 0 Å². The van der Waals surface area contributed by atoms with Gasteiger partial charge in [0, 0.05) is 60.1 Å². The summed E-state index contributed by atoms with van der Waals surface area (Å²) in [6.07, 6.45) is 3.09. The minimum atomic E-state index is -1.96. The van der Waals surface area contributed by atoms with Crippen molar-refractivity contribution in [1.82, 2.24) is 0 Å². The van der Waals surface area contributed by atoms with E-state index in [4.69, 9.17) is 32.7 Å². The molecule has 4 aliphatic rings. The van der Waals surface area contributed by atoms with Crippen molar-refractivity contribution in [2.24, 2.45) is 29.1 Å². The third kappa shape index (κ3) is 4.09. The van der Waals surface area contributed by atoms with Gasteiger partial charge in [-0.15, -0.1) is 23.2 Å². The largest absolute Gasteiger partial charge is 0.458 e. The summed E-state index contributed by atoms with van der Waals surface area (Å²) < 4.78 is 12.2. The quantitative estimate of drug-likeness (QED) is 0.218. The summed E-state index contributed by atoms with van der Waals surface area (Å²) in [6, 6.07) is 0. The lowest BCUT2D eigenvalue weighted by molar-refractivity contribution is -0.229. The van der Waals surface area contributed by atoms with Crippen LogP contribution in [0, 0.1) is 29.1 Å². The van der Waals surface area contributed by atoms with Gasteiger partial charge >= 0.3 is 11.9 Å². The van der Waals surface area contributed by atoms with Crippen LogP contribution in [0.25, 0.3) is 0 Å². The van der Waals surface area contributed by atoms with Crippen LogP contribution in [0.15, 0.2) is 23.3 Å². The van der Waals surface area contributed by atoms with E-state index < -0.39 is 76.3 Å². The average Bonchev–Trinajstić information content (AvgIpc) is 3.29. The third-order valence-electron chi connectivity index (χ3n) is 9.53. The number of halogens is 2. The van der Waals surface area contributed by atoms with Gasteiger partial charge < -0.3 is 24.8 Å². The van der Waals surface area contributed by atoms with Crippen LogP contribution in [-0.2, 0) is 23.9 Å². The van der Waals surface area contributed by atoms with Gasteiger partial charge in [-0.1, -0.05) is 32.9 Å². The van der Waals surface area contributed by atoms with Crippen molar-refractivity contribution in [3.05, 3.63) is 23.3 Å². The maximum absolute atomic E-state index is 13.2. The van der Waals surface area contributed by atoms with Crippen LogP contribution >= 0.6 is 23.2 Å². The molecule has 0 radical (unpaired) electrons. The molecule has 8 nitrogen and oxygen atoms in total. The molecule has 0 aliphatic heterocycles. The van der Waals surface area contributed by atoms with Gasteiger partial charge in [0.2, 0.25) is 0 Å². The zero-order chi connectivity index (χ0) is 28.3. The van der Waals surface area contributed by atoms with Crippen molar-refractivity contribution in [1.29, 1.82) is 0 Å². The highest BCUT2D eigenvalue weighted by atomic mass is 35.5. The molecule has 0 saturated heterocycles. The van der Waals surface area contributed by atoms with Gasteiger partial charge in [0.15, 0.2) is 11.4 Å². The number of aliphatic hydroxyl groups excluding tert-OH is 1. The normalized spacial score (nSPS) is 40.7. The second kappa shape index (κ2) is 10.2. The molecule has 3 N–H and O–H groups in total. The number of aliphatic hydroxyl groups is 3.